The van der Waals surface area contributed by atoms with Crippen molar-refractivity contribution in [2.24, 2.45) is 0 Å². The first-order chi connectivity index (χ1) is 14.9. The van der Waals surface area contributed by atoms with Gasteiger partial charge in [-0.25, -0.2) is 9.59 Å². The molecule has 0 saturated carbocycles. The lowest BCUT2D eigenvalue weighted by Gasteiger charge is -2.18. The number of rotatable bonds is 8. The van der Waals surface area contributed by atoms with Gasteiger partial charge in [-0.1, -0.05) is 6.08 Å². The Morgan fingerprint density at radius 2 is 2.06 bits per heavy atom. The van der Waals surface area contributed by atoms with Crippen LogP contribution in [0, 0.1) is 0 Å². The van der Waals surface area contributed by atoms with Crippen molar-refractivity contribution < 1.29 is 19.1 Å². The molecule has 0 bridgehead atoms. The van der Waals surface area contributed by atoms with Crippen LogP contribution in [0.2, 0.25) is 0 Å². The van der Waals surface area contributed by atoms with Gasteiger partial charge >= 0.3 is 12.0 Å². The predicted molar refractivity (Wildman–Crippen MR) is 120 cm³/mol. The van der Waals surface area contributed by atoms with Crippen LogP contribution in [0.1, 0.15) is 18.9 Å². The molecule has 0 radical (unpaired) electrons. The number of hydrogen-bond donors (Lipinski definition) is 1. The minimum absolute atomic E-state index is 0.207. The molecule has 0 fully saturated rings. The number of fused-ring (bicyclic) bond motifs is 1. The van der Waals surface area contributed by atoms with Gasteiger partial charge in [0.2, 0.25) is 0 Å². The predicted octanol–water partition coefficient (Wildman–Crippen LogP) is 2.94. The maximum Gasteiger partial charge on any atom is 0.337 e. The third kappa shape index (κ3) is 5.46. The van der Waals surface area contributed by atoms with Crippen molar-refractivity contribution in [2.75, 3.05) is 41.0 Å². The number of benzene rings is 1. The molecule has 166 valence electrons. The number of carbonyl (C=O) groups is 2. The maximum absolute atomic E-state index is 12.8. The lowest BCUT2D eigenvalue weighted by Crippen LogP contribution is -2.31. The zero-order chi connectivity index (χ0) is 22.4. The van der Waals surface area contributed by atoms with Crippen molar-refractivity contribution >= 4 is 22.9 Å². The Hall–Kier alpha value is -3.26. The molecule has 1 amide bonds. The molecule has 0 aliphatic carbocycles. The van der Waals surface area contributed by atoms with E-state index in [1.54, 1.807) is 13.3 Å². The van der Waals surface area contributed by atoms with Gasteiger partial charge in [0.25, 0.3) is 0 Å². The quantitative estimate of drug-likeness (QED) is 0.517. The van der Waals surface area contributed by atoms with Crippen molar-refractivity contribution in [2.45, 2.75) is 19.8 Å². The van der Waals surface area contributed by atoms with Crippen LogP contribution in [-0.2, 0) is 16.0 Å². The van der Waals surface area contributed by atoms with Gasteiger partial charge in [-0.2, -0.15) is 0 Å². The average Bonchev–Trinajstić information content (AvgIpc) is 3.15. The topological polar surface area (TPSA) is 76.0 Å². The molecule has 0 spiro atoms. The van der Waals surface area contributed by atoms with Gasteiger partial charge in [0.05, 0.1) is 18.2 Å². The van der Waals surface area contributed by atoms with E-state index < -0.39 is 5.97 Å². The fourth-order valence-corrected chi connectivity index (χ4v) is 3.40. The Labute approximate surface area is 182 Å². The molecule has 2 heterocycles. The fraction of sp³-hybridized carbons (Fsp3) is 0.391. The van der Waals surface area contributed by atoms with Crippen LogP contribution in [0.25, 0.3) is 10.9 Å². The molecule has 0 atom stereocenters. The van der Waals surface area contributed by atoms with E-state index in [0.717, 1.165) is 36.0 Å². The summed E-state index contributed by atoms with van der Waals surface area (Å²) >= 11 is 0. The van der Waals surface area contributed by atoms with Gasteiger partial charge < -0.3 is 24.6 Å². The third-order valence-electron chi connectivity index (χ3n) is 5.15. The van der Waals surface area contributed by atoms with Crippen molar-refractivity contribution in [3.05, 3.63) is 54.0 Å². The van der Waals surface area contributed by atoms with E-state index in [1.807, 2.05) is 62.6 Å². The van der Waals surface area contributed by atoms with E-state index in [1.165, 1.54) is 4.57 Å². The molecule has 0 saturated heterocycles. The van der Waals surface area contributed by atoms with E-state index in [0.29, 0.717) is 17.7 Å². The molecule has 8 nitrogen and oxygen atoms in total. The number of nitrogens with one attached hydrogen (secondary N) is 1. The number of esters is 1. The summed E-state index contributed by atoms with van der Waals surface area (Å²) in [6.07, 6.45) is 8.76. The molecule has 8 heteroatoms. The lowest BCUT2D eigenvalue weighted by atomic mass is 10.1. The largest absolute Gasteiger partial charge is 0.497 e. The monoisotopic (exact) mass is 426 g/mol. The Bertz CT molecular complexity index is 1010. The number of carbonyl (C=O) groups excluding carboxylic acids is 2. The minimum Gasteiger partial charge on any atom is -0.497 e. The summed E-state index contributed by atoms with van der Waals surface area (Å²) in [6.45, 7) is 3.42. The molecule has 1 aromatic heterocycles. The van der Waals surface area contributed by atoms with Crippen molar-refractivity contribution in [1.29, 1.82) is 0 Å². The van der Waals surface area contributed by atoms with Crippen molar-refractivity contribution in [3.63, 3.8) is 0 Å². The number of methoxy groups -OCH3 is 1. The van der Waals surface area contributed by atoms with Gasteiger partial charge in [-0.3, -0.25) is 4.57 Å². The van der Waals surface area contributed by atoms with Gasteiger partial charge in [0, 0.05) is 43.4 Å². The molecule has 2 aromatic rings. The molecule has 1 aliphatic heterocycles. The van der Waals surface area contributed by atoms with Crippen LogP contribution in [0.4, 0.5) is 4.79 Å². The standard InChI is InChI=1S/C23H30N4O4/c1-5-26-11-6-7-18(14-26)22(28)31-16-24-23(29)27-15-17(10-12-25(2)3)20-9-8-19(30-4)13-21(20)27/h6,8-9,11,13-15H,5,7,10,12,16H2,1-4H3,(H,24,29). The molecule has 1 aliphatic rings. The summed E-state index contributed by atoms with van der Waals surface area (Å²) < 4.78 is 12.1. The first-order valence-corrected chi connectivity index (χ1v) is 10.3. The van der Waals surface area contributed by atoms with E-state index in [9.17, 15) is 9.59 Å². The van der Waals surface area contributed by atoms with Crippen LogP contribution in [0.3, 0.4) is 0 Å². The first-order valence-electron chi connectivity index (χ1n) is 10.3. The highest BCUT2D eigenvalue weighted by Crippen LogP contribution is 2.26. The minimum atomic E-state index is -0.436. The van der Waals surface area contributed by atoms with Crippen LogP contribution in [0.15, 0.2) is 48.4 Å². The van der Waals surface area contributed by atoms with Gasteiger partial charge in [0.15, 0.2) is 6.73 Å². The van der Waals surface area contributed by atoms with E-state index >= 15 is 0 Å². The highest BCUT2D eigenvalue weighted by atomic mass is 16.5. The summed E-state index contributed by atoms with van der Waals surface area (Å²) in [4.78, 5) is 29.1. The second-order valence-electron chi connectivity index (χ2n) is 7.59. The number of allylic oxidation sites excluding steroid dienone is 1. The summed E-state index contributed by atoms with van der Waals surface area (Å²) in [5.41, 5.74) is 2.37. The average molecular weight is 427 g/mol. The Morgan fingerprint density at radius 1 is 1.26 bits per heavy atom. The Kier molecular flexibility index (Phi) is 7.36. The fourth-order valence-electron chi connectivity index (χ4n) is 3.40. The van der Waals surface area contributed by atoms with Crippen molar-refractivity contribution in [3.8, 4) is 5.75 Å². The lowest BCUT2D eigenvalue weighted by molar-refractivity contribution is -0.139. The SMILES string of the molecule is CCN1C=CCC(C(=O)OCNC(=O)n2cc(CCN(C)C)c3ccc(OC)cc32)=C1. The van der Waals surface area contributed by atoms with Crippen LogP contribution in [0.5, 0.6) is 5.75 Å². The highest BCUT2D eigenvalue weighted by molar-refractivity contribution is 5.94. The molecule has 0 unspecified atom stereocenters. The number of aromatic nitrogens is 1. The Balaban J connectivity index is 1.69. The summed E-state index contributed by atoms with van der Waals surface area (Å²) in [5, 5.41) is 3.67. The number of nitrogens with zero attached hydrogens (tertiary/aromatic N) is 3. The summed E-state index contributed by atoms with van der Waals surface area (Å²) in [6, 6.07) is 5.32. The highest BCUT2D eigenvalue weighted by Gasteiger charge is 2.17. The molecule has 31 heavy (non-hydrogen) atoms. The molecular formula is C23H30N4O4. The first kappa shape index (κ1) is 22.4. The van der Waals surface area contributed by atoms with Crippen LogP contribution < -0.4 is 10.1 Å². The van der Waals surface area contributed by atoms with Gasteiger partial charge in [-0.05, 0) is 51.3 Å². The normalized spacial score (nSPS) is 13.5. The van der Waals surface area contributed by atoms with Gasteiger partial charge in [-0.15, -0.1) is 0 Å². The van der Waals surface area contributed by atoms with Crippen LogP contribution >= 0.6 is 0 Å². The molecular weight excluding hydrogens is 396 g/mol. The van der Waals surface area contributed by atoms with E-state index in [2.05, 4.69) is 10.2 Å². The molecule has 3 rings (SSSR count). The number of hydrogen-bond acceptors (Lipinski definition) is 6. The second-order valence-corrected chi connectivity index (χ2v) is 7.59. The second kappa shape index (κ2) is 10.2. The smallest absolute Gasteiger partial charge is 0.337 e. The zero-order valence-corrected chi connectivity index (χ0v) is 18.6. The number of likely N-dealkylation sites (N-methyl/N-ethyl adjacent to an activating group) is 1. The van der Waals surface area contributed by atoms with Crippen molar-refractivity contribution in [1.82, 2.24) is 19.7 Å². The third-order valence-corrected chi connectivity index (χ3v) is 5.15. The van der Waals surface area contributed by atoms with E-state index in [-0.39, 0.29) is 12.8 Å². The summed E-state index contributed by atoms with van der Waals surface area (Å²) in [5.74, 6) is 0.233. The maximum atomic E-state index is 12.8. The molecule has 1 aromatic carbocycles. The number of amides is 1. The zero-order valence-electron chi connectivity index (χ0n) is 18.6. The summed E-state index contributed by atoms with van der Waals surface area (Å²) in [7, 11) is 5.62. The van der Waals surface area contributed by atoms with Crippen LogP contribution in [-0.4, -0.2) is 67.4 Å². The number of ether oxygens (including phenoxy) is 2. The Morgan fingerprint density at radius 3 is 2.77 bits per heavy atom. The van der Waals surface area contributed by atoms with E-state index in [4.69, 9.17) is 9.47 Å². The molecule has 1 N–H and O–H groups in total. The van der Waals surface area contributed by atoms with Gasteiger partial charge in [0.1, 0.15) is 5.75 Å².